The predicted octanol–water partition coefficient (Wildman–Crippen LogP) is 4.63. The monoisotopic (exact) mass is 320 g/mol. The zero-order chi connectivity index (χ0) is 17.2. The summed E-state index contributed by atoms with van der Waals surface area (Å²) < 4.78 is 0. The third kappa shape index (κ3) is 6.00. The Balaban J connectivity index is 2.59. The standard InChI is InChI=1S/C18H28N2O3/c1-4-6-9-15(8-5-2)12-13-19-18(21)16-10-7-11-17(14(16)3)20(22)23/h7,10-11,15H,4-6,8-9,12-13H2,1-3H3,(H,19,21). The second-order valence-corrected chi connectivity index (χ2v) is 6.05. The average Bonchev–Trinajstić information content (AvgIpc) is 2.52. The van der Waals surface area contributed by atoms with Gasteiger partial charge in [0.2, 0.25) is 0 Å². The summed E-state index contributed by atoms with van der Waals surface area (Å²) in [6, 6.07) is 4.62. The van der Waals surface area contributed by atoms with E-state index < -0.39 is 4.92 Å². The molecule has 0 aliphatic heterocycles. The Hall–Kier alpha value is -1.91. The normalized spacial score (nSPS) is 12.0. The van der Waals surface area contributed by atoms with Crippen LogP contribution in [-0.2, 0) is 0 Å². The Bertz CT molecular complexity index is 529. The minimum atomic E-state index is -0.450. The molecule has 5 nitrogen and oxygen atoms in total. The molecule has 128 valence electrons. The van der Waals surface area contributed by atoms with Gasteiger partial charge in [-0.25, -0.2) is 0 Å². The van der Waals surface area contributed by atoms with Crippen molar-refractivity contribution in [1.29, 1.82) is 0 Å². The van der Waals surface area contributed by atoms with E-state index >= 15 is 0 Å². The van der Waals surface area contributed by atoms with Crippen LogP contribution in [-0.4, -0.2) is 17.4 Å². The minimum Gasteiger partial charge on any atom is -0.352 e. The number of nitrogens with zero attached hydrogens (tertiary/aromatic N) is 1. The molecule has 0 aliphatic rings. The fourth-order valence-corrected chi connectivity index (χ4v) is 2.89. The molecule has 0 saturated heterocycles. The van der Waals surface area contributed by atoms with Crippen molar-refractivity contribution < 1.29 is 9.72 Å². The zero-order valence-corrected chi connectivity index (χ0v) is 14.4. The van der Waals surface area contributed by atoms with Crippen LogP contribution in [0.2, 0.25) is 0 Å². The van der Waals surface area contributed by atoms with E-state index in [2.05, 4.69) is 19.2 Å². The molecular weight excluding hydrogens is 292 g/mol. The number of carbonyl (C=O) groups excluding carboxylic acids is 1. The molecule has 23 heavy (non-hydrogen) atoms. The van der Waals surface area contributed by atoms with Gasteiger partial charge in [-0.05, 0) is 25.3 Å². The quantitative estimate of drug-likeness (QED) is 0.504. The van der Waals surface area contributed by atoms with E-state index in [9.17, 15) is 14.9 Å². The molecular formula is C18H28N2O3. The lowest BCUT2D eigenvalue weighted by Crippen LogP contribution is -2.26. The molecule has 1 rings (SSSR count). The van der Waals surface area contributed by atoms with Crippen molar-refractivity contribution in [3.8, 4) is 0 Å². The predicted molar refractivity (Wildman–Crippen MR) is 92.7 cm³/mol. The lowest BCUT2D eigenvalue weighted by Gasteiger charge is -2.16. The van der Waals surface area contributed by atoms with Gasteiger partial charge in [0.05, 0.1) is 4.92 Å². The Morgan fingerprint density at radius 3 is 2.57 bits per heavy atom. The van der Waals surface area contributed by atoms with Gasteiger partial charge in [0.25, 0.3) is 11.6 Å². The third-order valence-electron chi connectivity index (χ3n) is 4.25. The van der Waals surface area contributed by atoms with Crippen molar-refractivity contribution in [1.82, 2.24) is 5.32 Å². The van der Waals surface area contributed by atoms with E-state index in [1.54, 1.807) is 19.1 Å². The second kappa shape index (κ2) is 9.98. The smallest absolute Gasteiger partial charge is 0.273 e. The molecule has 1 atom stereocenters. The maximum Gasteiger partial charge on any atom is 0.273 e. The molecule has 0 heterocycles. The highest BCUT2D eigenvalue weighted by Crippen LogP contribution is 2.21. The van der Waals surface area contributed by atoms with E-state index in [1.165, 1.54) is 31.7 Å². The van der Waals surface area contributed by atoms with Crippen LogP contribution in [0, 0.1) is 23.0 Å². The zero-order valence-electron chi connectivity index (χ0n) is 14.4. The number of nitro groups is 1. The fourth-order valence-electron chi connectivity index (χ4n) is 2.89. The molecule has 1 N–H and O–H groups in total. The molecule has 1 aromatic rings. The first-order chi connectivity index (χ1) is 11.0. The lowest BCUT2D eigenvalue weighted by molar-refractivity contribution is -0.385. The summed E-state index contributed by atoms with van der Waals surface area (Å²) in [7, 11) is 0. The molecule has 0 spiro atoms. The van der Waals surface area contributed by atoms with Crippen LogP contribution < -0.4 is 5.32 Å². The topological polar surface area (TPSA) is 72.2 Å². The van der Waals surface area contributed by atoms with Gasteiger partial charge in [-0.1, -0.05) is 52.0 Å². The van der Waals surface area contributed by atoms with Gasteiger partial charge in [-0.3, -0.25) is 14.9 Å². The van der Waals surface area contributed by atoms with Gasteiger partial charge in [0.1, 0.15) is 0 Å². The number of amides is 1. The summed E-state index contributed by atoms with van der Waals surface area (Å²) in [5.41, 5.74) is 0.801. The number of rotatable bonds is 10. The maximum absolute atomic E-state index is 12.3. The van der Waals surface area contributed by atoms with Crippen LogP contribution >= 0.6 is 0 Å². The summed E-state index contributed by atoms with van der Waals surface area (Å²) in [5, 5.41) is 13.9. The van der Waals surface area contributed by atoms with E-state index in [0.29, 0.717) is 23.6 Å². The maximum atomic E-state index is 12.3. The first-order valence-electron chi connectivity index (χ1n) is 8.53. The number of carbonyl (C=O) groups is 1. The summed E-state index contributed by atoms with van der Waals surface area (Å²) in [6.45, 7) is 6.61. The van der Waals surface area contributed by atoms with Crippen LogP contribution in [0.1, 0.15) is 68.3 Å². The molecule has 0 aromatic heterocycles. The number of benzene rings is 1. The van der Waals surface area contributed by atoms with Crippen molar-refractivity contribution >= 4 is 11.6 Å². The van der Waals surface area contributed by atoms with Gasteiger partial charge in [0, 0.05) is 23.7 Å². The van der Waals surface area contributed by atoms with Gasteiger partial charge in [0.15, 0.2) is 0 Å². The lowest BCUT2D eigenvalue weighted by atomic mass is 9.94. The van der Waals surface area contributed by atoms with Crippen LogP contribution in [0.3, 0.4) is 0 Å². The SMILES string of the molecule is CCCCC(CCC)CCNC(=O)c1cccc([N+](=O)[O-])c1C. The molecule has 1 unspecified atom stereocenters. The minimum absolute atomic E-state index is 0.00976. The van der Waals surface area contributed by atoms with Gasteiger partial charge in [-0.2, -0.15) is 0 Å². The number of hydrogen-bond acceptors (Lipinski definition) is 3. The van der Waals surface area contributed by atoms with Crippen molar-refractivity contribution in [2.24, 2.45) is 5.92 Å². The third-order valence-corrected chi connectivity index (χ3v) is 4.25. The molecule has 1 aromatic carbocycles. The Morgan fingerprint density at radius 2 is 1.96 bits per heavy atom. The van der Waals surface area contributed by atoms with Crippen LogP contribution in [0.4, 0.5) is 5.69 Å². The first-order valence-corrected chi connectivity index (χ1v) is 8.53. The number of unbranched alkanes of at least 4 members (excludes halogenated alkanes) is 1. The molecule has 1 amide bonds. The van der Waals surface area contributed by atoms with E-state index in [1.807, 2.05) is 0 Å². The van der Waals surface area contributed by atoms with E-state index in [4.69, 9.17) is 0 Å². The van der Waals surface area contributed by atoms with Crippen LogP contribution in [0.15, 0.2) is 18.2 Å². The fraction of sp³-hybridized carbons (Fsp3) is 0.611. The number of hydrogen-bond donors (Lipinski definition) is 1. The van der Waals surface area contributed by atoms with Gasteiger partial charge < -0.3 is 5.32 Å². The molecule has 0 saturated carbocycles. The first kappa shape index (κ1) is 19.1. The molecule has 0 radical (unpaired) electrons. The Labute approximate surface area is 138 Å². The summed E-state index contributed by atoms with van der Waals surface area (Å²) >= 11 is 0. The second-order valence-electron chi connectivity index (χ2n) is 6.05. The summed E-state index contributed by atoms with van der Waals surface area (Å²) in [4.78, 5) is 22.8. The van der Waals surface area contributed by atoms with Crippen LogP contribution in [0.5, 0.6) is 0 Å². The average molecular weight is 320 g/mol. The number of nitro benzene ring substituents is 1. The number of nitrogens with one attached hydrogen (secondary N) is 1. The Kier molecular flexibility index (Phi) is 8.30. The molecule has 0 bridgehead atoms. The van der Waals surface area contributed by atoms with Crippen molar-refractivity contribution in [2.75, 3.05) is 6.54 Å². The van der Waals surface area contributed by atoms with E-state index in [-0.39, 0.29) is 11.6 Å². The van der Waals surface area contributed by atoms with E-state index in [0.717, 1.165) is 12.8 Å². The summed E-state index contributed by atoms with van der Waals surface area (Å²) in [6.07, 6.45) is 6.93. The van der Waals surface area contributed by atoms with Crippen molar-refractivity contribution in [3.63, 3.8) is 0 Å². The molecule has 0 aliphatic carbocycles. The van der Waals surface area contributed by atoms with Crippen molar-refractivity contribution in [3.05, 3.63) is 39.4 Å². The van der Waals surface area contributed by atoms with Gasteiger partial charge >= 0.3 is 0 Å². The van der Waals surface area contributed by atoms with Gasteiger partial charge in [-0.15, -0.1) is 0 Å². The molecule has 0 fully saturated rings. The highest BCUT2D eigenvalue weighted by atomic mass is 16.6. The molecule has 5 heteroatoms. The highest BCUT2D eigenvalue weighted by Gasteiger charge is 2.18. The Morgan fingerprint density at radius 1 is 1.22 bits per heavy atom. The van der Waals surface area contributed by atoms with Crippen LogP contribution in [0.25, 0.3) is 0 Å². The largest absolute Gasteiger partial charge is 0.352 e. The summed E-state index contributed by atoms with van der Waals surface area (Å²) in [5.74, 6) is 0.420. The highest BCUT2D eigenvalue weighted by molar-refractivity contribution is 5.96. The van der Waals surface area contributed by atoms with Crippen molar-refractivity contribution in [2.45, 2.75) is 59.3 Å².